The predicted octanol–water partition coefficient (Wildman–Crippen LogP) is 3.14. The van der Waals surface area contributed by atoms with Crippen LogP contribution in [0, 0.1) is 10.1 Å². The SMILES string of the molecule is CCCOc1ccc(C(O)=C2C(=O)C(=O)N(CCN3CCOCC3)C2c2ccc([N+](=O)[O-])cc2)cc1. The molecule has 1 N–H and O–H groups in total. The number of ether oxygens (including phenoxy) is 2. The van der Waals surface area contributed by atoms with Crippen molar-refractivity contribution >= 4 is 23.1 Å². The van der Waals surface area contributed by atoms with E-state index < -0.39 is 22.7 Å². The van der Waals surface area contributed by atoms with Crippen LogP contribution >= 0.6 is 0 Å². The molecular formula is C26H29N3O7. The van der Waals surface area contributed by atoms with Crippen molar-refractivity contribution in [1.82, 2.24) is 9.80 Å². The zero-order chi connectivity index (χ0) is 25.7. The number of rotatable bonds is 9. The monoisotopic (exact) mass is 495 g/mol. The zero-order valence-corrected chi connectivity index (χ0v) is 20.1. The summed E-state index contributed by atoms with van der Waals surface area (Å²) in [6, 6.07) is 11.5. The first-order chi connectivity index (χ1) is 17.4. The summed E-state index contributed by atoms with van der Waals surface area (Å²) in [4.78, 5) is 40.5. The van der Waals surface area contributed by atoms with Gasteiger partial charge in [-0.05, 0) is 48.4 Å². The number of non-ortho nitro benzene ring substituents is 1. The molecule has 2 heterocycles. The molecule has 4 rings (SSSR count). The lowest BCUT2D eigenvalue weighted by atomic mass is 9.95. The van der Waals surface area contributed by atoms with E-state index in [9.17, 15) is 24.8 Å². The van der Waals surface area contributed by atoms with Gasteiger partial charge in [0.05, 0.1) is 36.4 Å². The number of nitro groups is 1. The summed E-state index contributed by atoms with van der Waals surface area (Å²) >= 11 is 0. The fourth-order valence-electron chi connectivity index (χ4n) is 4.39. The Labute approximate surface area is 208 Å². The number of nitrogens with zero attached hydrogens (tertiary/aromatic N) is 3. The van der Waals surface area contributed by atoms with Crippen LogP contribution in [0.1, 0.15) is 30.5 Å². The van der Waals surface area contributed by atoms with E-state index in [-0.39, 0.29) is 23.6 Å². The Balaban J connectivity index is 1.70. The van der Waals surface area contributed by atoms with Gasteiger partial charge in [0, 0.05) is 43.9 Å². The van der Waals surface area contributed by atoms with E-state index in [0.29, 0.717) is 43.2 Å². The van der Waals surface area contributed by atoms with Gasteiger partial charge in [-0.25, -0.2) is 0 Å². The lowest BCUT2D eigenvalue weighted by Crippen LogP contribution is -2.42. The maximum Gasteiger partial charge on any atom is 0.295 e. The minimum absolute atomic E-state index is 0.0435. The van der Waals surface area contributed by atoms with Gasteiger partial charge in [-0.3, -0.25) is 24.6 Å². The number of likely N-dealkylation sites (tertiary alicyclic amines) is 1. The summed E-state index contributed by atoms with van der Waals surface area (Å²) < 4.78 is 11.0. The number of carbonyl (C=O) groups is 2. The smallest absolute Gasteiger partial charge is 0.295 e. The highest BCUT2D eigenvalue weighted by Crippen LogP contribution is 2.39. The van der Waals surface area contributed by atoms with Gasteiger partial charge in [-0.1, -0.05) is 6.92 Å². The number of hydrogen-bond acceptors (Lipinski definition) is 8. The van der Waals surface area contributed by atoms with E-state index in [2.05, 4.69) is 4.90 Å². The average molecular weight is 496 g/mol. The molecule has 10 nitrogen and oxygen atoms in total. The molecule has 2 aromatic rings. The predicted molar refractivity (Wildman–Crippen MR) is 132 cm³/mol. The first-order valence-electron chi connectivity index (χ1n) is 12.0. The Hall–Kier alpha value is -3.76. The van der Waals surface area contributed by atoms with Gasteiger partial charge in [0.2, 0.25) is 0 Å². The Kier molecular flexibility index (Phi) is 7.97. The molecule has 2 aliphatic rings. The van der Waals surface area contributed by atoms with E-state index in [1.54, 1.807) is 24.3 Å². The third kappa shape index (κ3) is 5.39. The second-order valence-electron chi connectivity index (χ2n) is 8.67. The van der Waals surface area contributed by atoms with Crippen molar-refractivity contribution in [1.29, 1.82) is 0 Å². The highest BCUT2D eigenvalue weighted by molar-refractivity contribution is 6.46. The van der Waals surface area contributed by atoms with Crippen LogP contribution in [0.15, 0.2) is 54.1 Å². The quantitative estimate of drug-likeness (QED) is 0.185. The fourth-order valence-corrected chi connectivity index (χ4v) is 4.39. The number of ketones is 1. The molecule has 2 saturated heterocycles. The molecule has 190 valence electrons. The number of hydrogen-bond donors (Lipinski definition) is 1. The van der Waals surface area contributed by atoms with Crippen LogP contribution in [-0.4, -0.2) is 77.5 Å². The standard InChI is InChI=1S/C26H29N3O7/c1-2-15-36-21-9-5-19(6-10-21)24(30)22-23(18-3-7-20(8-4-18)29(33)34)28(26(32)25(22)31)12-11-27-13-16-35-17-14-27/h3-10,23,30H,2,11-17H2,1H3. The maximum absolute atomic E-state index is 13.2. The number of benzene rings is 2. The van der Waals surface area contributed by atoms with E-state index in [1.807, 2.05) is 6.92 Å². The van der Waals surface area contributed by atoms with Crippen LogP contribution in [0.2, 0.25) is 0 Å². The molecular weight excluding hydrogens is 466 g/mol. The Morgan fingerprint density at radius 1 is 1.08 bits per heavy atom. The molecule has 1 atom stereocenters. The van der Waals surface area contributed by atoms with Crippen molar-refractivity contribution in [2.75, 3.05) is 46.0 Å². The summed E-state index contributed by atoms with van der Waals surface area (Å²) in [6.45, 7) is 5.98. The molecule has 0 bridgehead atoms. The normalized spacial score (nSPS) is 20.0. The molecule has 1 amide bonds. The first-order valence-corrected chi connectivity index (χ1v) is 12.0. The van der Waals surface area contributed by atoms with Gasteiger partial charge in [-0.2, -0.15) is 0 Å². The molecule has 0 aliphatic carbocycles. The first kappa shape index (κ1) is 25.3. The van der Waals surface area contributed by atoms with Gasteiger partial charge in [0.25, 0.3) is 17.4 Å². The minimum atomic E-state index is -0.872. The molecule has 0 saturated carbocycles. The number of Topliss-reactive ketones (excluding diaryl/α,β-unsaturated/α-hetero) is 1. The summed E-state index contributed by atoms with van der Waals surface area (Å²) in [5.74, 6) is -1.17. The zero-order valence-electron chi connectivity index (χ0n) is 20.1. The average Bonchev–Trinajstić information content (AvgIpc) is 3.16. The lowest BCUT2D eigenvalue weighted by Gasteiger charge is -2.31. The summed E-state index contributed by atoms with van der Waals surface area (Å²) in [5.41, 5.74) is 0.730. The molecule has 0 spiro atoms. The molecule has 2 aromatic carbocycles. The highest BCUT2D eigenvalue weighted by Gasteiger charge is 2.46. The van der Waals surface area contributed by atoms with E-state index in [4.69, 9.17) is 9.47 Å². The van der Waals surface area contributed by atoms with Gasteiger partial charge in [-0.15, -0.1) is 0 Å². The molecule has 1 unspecified atom stereocenters. The molecule has 36 heavy (non-hydrogen) atoms. The molecule has 2 aliphatic heterocycles. The minimum Gasteiger partial charge on any atom is -0.507 e. The van der Waals surface area contributed by atoms with Gasteiger partial charge < -0.3 is 19.5 Å². The van der Waals surface area contributed by atoms with Crippen LogP contribution in [-0.2, 0) is 14.3 Å². The molecule has 0 aromatic heterocycles. The van der Waals surface area contributed by atoms with Crippen LogP contribution in [0.4, 0.5) is 5.69 Å². The number of carbonyl (C=O) groups excluding carboxylic acids is 2. The number of morpholine rings is 1. The van der Waals surface area contributed by atoms with Crippen molar-refractivity contribution in [2.24, 2.45) is 0 Å². The van der Waals surface area contributed by atoms with Crippen molar-refractivity contribution < 1.29 is 29.1 Å². The van der Waals surface area contributed by atoms with Gasteiger partial charge in [0.15, 0.2) is 0 Å². The Morgan fingerprint density at radius 2 is 1.75 bits per heavy atom. The number of aliphatic hydroxyl groups is 1. The van der Waals surface area contributed by atoms with E-state index in [1.165, 1.54) is 29.2 Å². The van der Waals surface area contributed by atoms with Crippen LogP contribution in [0.3, 0.4) is 0 Å². The van der Waals surface area contributed by atoms with Crippen molar-refractivity contribution in [3.8, 4) is 5.75 Å². The van der Waals surface area contributed by atoms with Crippen LogP contribution < -0.4 is 4.74 Å². The Morgan fingerprint density at radius 3 is 2.36 bits per heavy atom. The molecule has 10 heteroatoms. The maximum atomic E-state index is 13.2. The lowest BCUT2D eigenvalue weighted by molar-refractivity contribution is -0.384. The largest absolute Gasteiger partial charge is 0.507 e. The van der Waals surface area contributed by atoms with Crippen LogP contribution in [0.5, 0.6) is 5.75 Å². The second-order valence-corrected chi connectivity index (χ2v) is 8.67. The Bertz CT molecular complexity index is 1140. The molecule has 2 fully saturated rings. The van der Waals surface area contributed by atoms with Gasteiger partial charge >= 0.3 is 0 Å². The number of amides is 1. The van der Waals surface area contributed by atoms with Crippen molar-refractivity contribution in [3.05, 3.63) is 75.3 Å². The number of aliphatic hydroxyl groups excluding tert-OH is 1. The van der Waals surface area contributed by atoms with Crippen molar-refractivity contribution in [2.45, 2.75) is 19.4 Å². The third-order valence-electron chi connectivity index (χ3n) is 6.32. The fraction of sp³-hybridized carbons (Fsp3) is 0.385. The number of nitro benzene ring substituents is 1. The summed E-state index contributed by atoms with van der Waals surface area (Å²) in [7, 11) is 0. The van der Waals surface area contributed by atoms with Crippen molar-refractivity contribution in [3.63, 3.8) is 0 Å². The third-order valence-corrected chi connectivity index (χ3v) is 6.32. The highest BCUT2D eigenvalue weighted by atomic mass is 16.6. The molecule has 0 radical (unpaired) electrons. The topological polar surface area (TPSA) is 122 Å². The van der Waals surface area contributed by atoms with Gasteiger partial charge in [0.1, 0.15) is 11.5 Å². The second kappa shape index (κ2) is 11.3. The van der Waals surface area contributed by atoms with E-state index >= 15 is 0 Å². The summed E-state index contributed by atoms with van der Waals surface area (Å²) in [6.07, 6.45) is 0.852. The van der Waals surface area contributed by atoms with Crippen LogP contribution in [0.25, 0.3) is 5.76 Å². The van der Waals surface area contributed by atoms with E-state index in [0.717, 1.165) is 19.5 Å². The summed E-state index contributed by atoms with van der Waals surface area (Å²) in [5, 5.41) is 22.3.